The summed E-state index contributed by atoms with van der Waals surface area (Å²) < 4.78 is 0. The number of hydrogen-bond acceptors (Lipinski definition) is 2. The lowest BCUT2D eigenvalue weighted by molar-refractivity contribution is -0.120. The summed E-state index contributed by atoms with van der Waals surface area (Å²) >= 11 is 7.54. The topological polar surface area (TPSA) is 29.1 Å². The molecule has 1 N–H and O–H groups in total. The van der Waals surface area contributed by atoms with Gasteiger partial charge in [-0.1, -0.05) is 43.6 Å². The summed E-state index contributed by atoms with van der Waals surface area (Å²) in [5.74, 6) is 0.865. The first kappa shape index (κ1) is 18.9. The number of carbonyl (C=O) groups excluding carboxylic acids is 1. The number of aryl methyl sites for hydroxylation is 2. The van der Waals surface area contributed by atoms with Crippen LogP contribution in [0.4, 0.5) is 0 Å². The zero-order chi connectivity index (χ0) is 17.4. The summed E-state index contributed by atoms with van der Waals surface area (Å²) in [6.07, 6.45) is 2.52. The van der Waals surface area contributed by atoms with E-state index in [1.54, 1.807) is 11.8 Å². The minimum Gasteiger partial charge on any atom is -0.352 e. The van der Waals surface area contributed by atoms with Crippen LogP contribution in [-0.2, 0) is 24.2 Å². The van der Waals surface area contributed by atoms with Crippen LogP contribution in [0.2, 0.25) is 5.02 Å². The first-order valence-electron chi connectivity index (χ1n) is 8.38. The lowest BCUT2D eigenvalue weighted by Gasteiger charge is -2.11. The molecular weight excluding hydrogens is 338 g/mol. The van der Waals surface area contributed by atoms with E-state index in [0.717, 1.165) is 28.5 Å². The van der Waals surface area contributed by atoms with Crippen LogP contribution in [-0.4, -0.2) is 11.7 Å². The molecule has 1 amide bonds. The van der Waals surface area contributed by atoms with E-state index in [1.165, 1.54) is 16.7 Å². The summed E-state index contributed by atoms with van der Waals surface area (Å²) in [4.78, 5) is 13.2. The Morgan fingerprint density at radius 3 is 2.46 bits per heavy atom. The number of carbonyl (C=O) groups is 1. The van der Waals surface area contributed by atoms with E-state index in [1.807, 2.05) is 24.3 Å². The Labute approximate surface area is 154 Å². The van der Waals surface area contributed by atoms with Gasteiger partial charge in [-0.05, 0) is 53.8 Å². The van der Waals surface area contributed by atoms with Crippen LogP contribution >= 0.6 is 23.4 Å². The molecule has 0 aliphatic carbocycles. The minimum absolute atomic E-state index is 0.0976. The molecule has 0 saturated carbocycles. The Kier molecular flexibility index (Phi) is 7.67. The van der Waals surface area contributed by atoms with Crippen molar-refractivity contribution < 1.29 is 4.79 Å². The fraction of sp³-hybridized carbons (Fsp3) is 0.350. The van der Waals surface area contributed by atoms with Crippen LogP contribution in [0, 0.1) is 0 Å². The predicted octanol–water partition coefficient (Wildman–Crippen LogP) is 5.26. The molecule has 0 saturated heterocycles. The molecule has 0 heterocycles. The van der Waals surface area contributed by atoms with E-state index in [9.17, 15) is 4.79 Å². The maximum atomic E-state index is 12.1. The summed E-state index contributed by atoms with van der Waals surface area (Å²) in [5.41, 5.74) is 3.85. The smallest absolute Gasteiger partial charge is 0.221 e. The second-order valence-corrected chi connectivity index (χ2v) is 7.24. The van der Waals surface area contributed by atoms with Crippen LogP contribution in [0.3, 0.4) is 0 Å². The highest BCUT2D eigenvalue weighted by Crippen LogP contribution is 2.21. The number of amides is 1. The van der Waals surface area contributed by atoms with Crippen LogP contribution < -0.4 is 5.32 Å². The Morgan fingerprint density at radius 2 is 1.79 bits per heavy atom. The standard InChI is InChI=1S/C20H24ClNOS/c1-3-15-5-6-16(4-2)17(13-15)14-22-20(23)11-12-24-19-9-7-18(21)8-10-19/h5-10,13H,3-4,11-12,14H2,1-2H3,(H,22,23). The molecular formula is C20H24ClNOS. The molecule has 0 radical (unpaired) electrons. The van der Waals surface area contributed by atoms with E-state index in [0.29, 0.717) is 13.0 Å². The number of nitrogens with one attached hydrogen (secondary N) is 1. The van der Waals surface area contributed by atoms with Crippen LogP contribution in [0.15, 0.2) is 47.4 Å². The number of rotatable bonds is 8. The van der Waals surface area contributed by atoms with Crippen molar-refractivity contribution in [2.75, 3.05) is 5.75 Å². The Bertz CT molecular complexity index is 670. The highest BCUT2D eigenvalue weighted by molar-refractivity contribution is 7.99. The molecule has 2 nitrogen and oxygen atoms in total. The molecule has 4 heteroatoms. The summed E-state index contributed by atoms with van der Waals surface area (Å²) in [6.45, 7) is 4.91. The zero-order valence-corrected chi connectivity index (χ0v) is 15.8. The van der Waals surface area contributed by atoms with Gasteiger partial charge in [-0.3, -0.25) is 4.79 Å². The third-order valence-electron chi connectivity index (χ3n) is 3.95. The molecule has 0 aliphatic heterocycles. The molecule has 0 aliphatic rings. The number of benzene rings is 2. The van der Waals surface area contributed by atoms with Gasteiger partial charge in [-0.15, -0.1) is 11.8 Å². The van der Waals surface area contributed by atoms with E-state index in [4.69, 9.17) is 11.6 Å². The second-order valence-electron chi connectivity index (χ2n) is 5.64. The molecule has 24 heavy (non-hydrogen) atoms. The molecule has 0 atom stereocenters. The molecule has 2 aromatic rings. The summed E-state index contributed by atoms with van der Waals surface area (Å²) in [7, 11) is 0. The monoisotopic (exact) mass is 361 g/mol. The average molecular weight is 362 g/mol. The van der Waals surface area contributed by atoms with Gasteiger partial charge < -0.3 is 5.32 Å². The van der Waals surface area contributed by atoms with Gasteiger partial charge in [0.2, 0.25) is 5.91 Å². The number of thioether (sulfide) groups is 1. The maximum absolute atomic E-state index is 12.1. The highest BCUT2D eigenvalue weighted by Gasteiger charge is 2.06. The number of hydrogen-bond donors (Lipinski definition) is 1. The van der Waals surface area contributed by atoms with Crippen LogP contribution in [0.25, 0.3) is 0 Å². The van der Waals surface area contributed by atoms with E-state index >= 15 is 0 Å². The first-order valence-corrected chi connectivity index (χ1v) is 9.74. The lowest BCUT2D eigenvalue weighted by Crippen LogP contribution is -2.23. The molecule has 128 valence electrons. The third-order valence-corrected chi connectivity index (χ3v) is 5.21. The van der Waals surface area contributed by atoms with Gasteiger partial charge in [0.15, 0.2) is 0 Å². The molecule has 0 spiro atoms. The van der Waals surface area contributed by atoms with E-state index in [-0.39, 0.29) is 5.91 Å². The zero-order valence-electron chi connectivity index (χ0n) is 14.3. The molecule has 2 rings (SSSR count). The summed E-state index contributed by atoms with van der Waals surface area (Å²) in [5, 5.41) is 3.78. The van der Waals surface area contributed by atoms with Gasteiger partial charge in [0.1, 0.15) is 0 Å². The van der Waals surface area contributed by atoms with Crippen LogP contribution in [0.1, 0.15) is 37.0 Å². The number of halogens is 1. The fourth-order valence-electron chi connectivity index (χ4n) is 2.48. The van der Waals surface area contributed by atoms with Gasteiger partial charge in [-0.25, -0.2) is 0 Å². The van der Waals surface area contributed by atoms with Gasteiger partial charge in [0, 0.05) is 28.6 Å². The van der Waals surface area contributed by atoms with Crippen molar-refractivity contribution in [1.82, 2.24) is 5.32 Å². The third kappa shape index (κ3) is 5.88. The Hall–Kier alpha value is -1.45. The molecule has 0 unspecified atom stereocenters. The van der Waals surface area contributed by atoms with Crippen molar-refractivity contribution in [3.63, 3.8) is 0 Å². The molecule has 0 fully saturated rings. The van der Waals surface area contributed by atoms with Gasteiger partial charge >= 0.3 is 0 Å². The lowest BCUT2D eigenvalue weighted by atomic mass is 10.0. The highest BCUT2D eigenvalue weighted by atomic mass is 35.5. The maximum Gasteiger partial charge on any atom is 0.221 e. The second kappa shape index (κ2) is 9.75. The molecule has 0 aromatic heterocycles. The SMILES string of the molecule is CCc1ccc(CC)c(CNC(=O)CCSc2ccc(Cl)cc2)c1. The predicted molar refractivity (Wildman–Crippen MR) is 104 cm³/mol. The van der Waals surface area contributed by atoms with Gasteiger partial charge in [-0.2, -0.15) is 0 Å². The van der Waals surface area contributed by atoms with Crippen molar-refractivity contribution in [2.24, 2.45) is 0 Å². The van der Waals surface area contributed by atoms with Crippen molar-refractivity contribution >= 4 is 29.3 Å². The van der Waals surface area contributed by atoms with Crippen molar-refractivity contribution in [2.45, 2.75) is 44.6 Å². The average Bonchev–Trinajstić information content (AvgIpc) is 2.61. The Morgan fingerprint density at radius 1 is 1.04 bits per heavy atom. The Balaban J connectivity index is 1.79. The van der Waals surface area contributed by atoms with E-state index in [2.05, 4.69) is 37.4 Å². The largest absolute Gasteiger partial charge is 0.352 e. The minimum atomic E-state index is 0.0976. The van der Waals surface area contributed by atoms with Gasteiger partial charge in [0.05, 0.1) is 0 Å². The first-order chi connectivity index (χ1) is 11.6. The molecule has 0 bridgehead atoms. The fourth-order valence-corrected chi connectivity index (χ4v) is 3.46. The summed E-state index contributed by atoms with van der Waals surface area (Å²) in [6, 6.07) is 14.3. The van der Waals surface area contributed by atoms with Crippen molar-refractivity contribution in [3.05, 3.63) is 64.2 Å². The van der Waals surface area contributed by atoms with Crippen molar-refractivity contribution in [3.8, 4) is 0 Å². The van der Waals surface area contributed by atoms with Crippen molar-refractivity contribution in [1.29, 1.82) is 0 Å². The normalized spacial score (nSPS) is 10.6. The molecule has 2 aromatic carbocycles. The van der Waals surface area contributed by atoms with E-state index < -0.39 is 0 Å². The van der Waals surface area contributed by atoms with Gasteiger partial charge in [0.25, 0.3) is 0 Å². The quantitative estimate of drug-likeness (QED) is 0.649. The van der Waals surface area contributed by atoms with Crippen LogP contribution in [0.5, 0.6) is 0 Å².